The minimum absolute atomic E-state index is 0.144. The van der Waals surface area contributed by atoms with Crippen molar-refractivity contribution >= 4 is 21.8 Å². The zero-order valence-electron chi connectivity index (χ0n) is 16.1. The number of fused-ring (bicyclic) bond motifs is 6. The van der Waals surface area contributed by atoms with Gasteiger partial charge in [0.05, 0.1) is 0 Å². The van der Waals surface area contributed by atoms with Crippen LogP contribution in [0.25, 0.3) is 32.9 Å². The maximum absolute atomic E-state index is 3.57. The van der Waals surface area contributed by atoms with E-state index in [-0.39, 0.29) is 5.41 Å². The molecule has 5 aromatic rings. The summed E-state index contributed by atoms with van der Waals surface area (Å²) >= 11 is 0. The van der Waals surface area contributed by atoms with Crippen LogP contribution in [-0.4, -0.2) is 4.98 Å². The van der Waals surface area contributed by atoms with E-state index in [9.17, 15) is 0 Å². The Hall–Kier alpha value is -3.32. The molecule has 0 atom stereocenters. The van der Waals surface area contributed by atoms with Gasteiger partial charge in [-0.05, 0) is 65.9 Å². The highest BCUT2D eigenvalue weighted by Crippen LogP contribution is 2.52. The van der Waals surface area contributed by atoms with Gasteiger partial charge >= 0.3 is 0 Å². The Morgan fingerprint density at radius 1 is 0.643 bits per heavy atom. The number of aromatic nitrogens is 1. The monoisotopic (exact) mass is 359 g/mol. The van der Waals surface area contributed by atoms with Gasteiger partial charge in [0, 0.05) is 27.2 Å². The van der Waals surface area contributed by atoms with E-state index in [1.54, 1.807) is 0 Å². The van der Waals surface area contributed by atoms with Crippen molar-refractivity contribution < 1.29 is 0 Å². The SMILES string of the molecule is Cc1ccc2[nH]c3ccc(C4(C)c5ccccc5-c5ccccc54)cc3c2c1. The first-order chi connectivity index (χ1) is 13.7. The molecule has 28 heavy (non-hydrogen) atoms. The molecule has 0 bridgehead atoms. The van der Waals surface area contributed by atoms with E-state index in [0.29, 0.717) is 0 Å². The van der Waals surface area contributed by atoms with Crippen molar-refractivity contribution in [1.82, 2.24) is 4.98 Å². The smallest absolute Gasteiger partial charge is 0.0465 e. The van der Waals surface area contributed by atoms with Gasteiger partial charge in [0.15, 0.2) is 0 Å². The zero-order valence-corrected chi connectivity index (χ0v) is 16.1. The molecule has 1 aliphatic rings. The molecule has 0 spiro atoms. The Kier molecular flexibility index (Phi) is 3.01. The van der Waals surface area contributed by atoms with Gasteiger partial charge in [0.2, 0.25) is 0 Å². The van der Waals surface area contributed by atoms with Gasteiger partial charge in [-0.25, -0.2) is 0 Å². The van der Waals surface area contributed by atoms with Crippen molar-refractivity contribution in [3.8, 4) is 11.1 Å². The lowest BCUT2D eigenvalue weighted by Gasteiger charge is -2.28. The number of aromatic amines is 1. The topological polar surface area (TPSA) is 15.8 Å². The van der Waals surface area contributed by atoms with Crippen LogP contribution in [0.4, 0.5) is 0 Å². The zero-order chi connectivity index (χ0) is 18.9. The lowest BCUT2D eigenvalue weighted by molar-refractivity contribution is 0.715. The number of hydrogen-bond acceptors (Lipinski definition) is 0. The summed E-state index contributed by atoms with van der Waals surface area (Å²) in [6.07, 6.45) is 0. The van der Waals surface area contributed by atoms with Crippen LogP contribution in [0.1, 0.15) is 29.2 Å². The second-order valence-electron chi connectivity index (χ2n) is 8.15. The van der Waals surface area contributed by atoms with Gasteiger partial charge < -0.3 is 4.98 Å². The Morgan fingerprint density at radius 3 is 1.89 bits per heavy atom. The Balaban J connectivity index is 1.69. The molecule has 0 unspecified atom stereocenters. The van der Waals surface area contributed by atoms with Crippen molar-refractivity contribution in [3.05, 3.63) is 107 Å². The fourth-order valence-electron chi connectivity index (χ4n) is 5.09. The van der Waals surface area contributed by atoms with Crippen LogP contribution >= 0.6 is 0 Å². The van der Waals surface area contributed by atoms with E-state index in [2.05, 4.69) is 104 Å². The summed E-state index contributed by atoms with van der Waals surface area (Å²) in [5.41, 5.74) is 10.4. The minimum atomic E-state index is -0.144. The predicted octanol–water partition coefficient (Wildman–Crippen LogP) is 6.96. The molecule has 0 saturated carbocycles. The fourth-order valence-corrected chi connectivity index (χ4v) is 5.09. The molecule has 0 radical (unpaired) electrons. The van der Waals surface area contributed by atoms with E-state index in [1.807, 2.05) is 0 Å². The Labute approximate surface area is 164 Å². The summed E-state index contributed by atoms with van der Waals surface area (Å²) in [7, 11) is 0. The number of aryl methyl sites for hydroxylation is 1. The summed E-state index contributed by atoms with van der Waals surface area (Å²) < 4.78 is 0. The maximum atomic E-state index is 3.57. The number of rotatable bonds is 1. The van der Waals surface area contributed by atoms with E-state index in [4.69, 9.17) is 0 Å². The molecule has 0 aliphatic heterocycles. The fraction of sp³-hybridized carbons (Fsp3) is 0.111. The van der Waals surface area contributed by atoms with Crippen LogP contribution in [0.15, 0.2) is 84.9 Å². The molecule has 1 heterocycles. The number of hydrogen-bond donors (Lipinski definition) is 1. The molecule has 1 heteroatoms. The third-order valence-electron chi connectivity index (χ3n) is 6.55. The van der Waals surface area contributed by atoms with E-state index in [1.165, 1.54) is 55.2 Å². The van der Waals surface area contributed by atoms with Gasteiger partial charge in [-0.1, -0.05) is 66.2 Å². The third kappa shape index (κ3) is 1.91. The van der Waals surface area contributed by atoms with Crippen molar-refractivity contribution in [3.63, 3.8) is 0 Å². The maximum Gasteiger partial charge on any atom is 0.0465 e. The summed E-state index contributed by atoms with van der Waals surface area (Å²) in [6.45, 7) is 4.53. The van der Waals surface area contributed by atoms with E-state index in [0.717, 1.165) is 0 Å². The van der Waals surface area contributed by atoms with Gasteiger partial charge in [-0.3, -0.25) is 0 Å². The highest BCUT2D eigenvalue weighted by atomic mass is 14.7. The lowest BCUT2D eigenvalue weighted by Crippen LogP contribution is -2.22. The van der Waals surface area contributed by atoms with E-state index < -0.39 is 0 Å². The highest BCUT2D eigenvalue weighted by molar-refractivity contribution is 6.08. The summed E-state index contributed by atoms with van der Waals surface area (Å²) in [4.78, 5) is 3.57. The number of nitrogens with one attached hydrogen (secondary N) is 1. The highest BCUT2D eigenvalue weighted by Gasteiger charge is 2.40. The van der Waals surface area contributed by atoms with E-state index >= 15 is 0 Å². The molecule has 1 aromatic heterocycles. The standard InChI is InChI=1S/C27H21N/c1-17-11-13-25-21(15-17)22-16-18(12-14-26(22)28-25)27(2)23-9-5-3-7-19(23)20-8-4-6-10-24(20)27/h3-16,28H,1-2H3. The van der Waals surface area contributed by atoms with Gasteiger partial charge in [-0.15, -0.1) is 0 Å². The van der Waals surface area contributed by atoms with Crippen LogP contribution in [0.5, 0.6) is 0 Å². The molecule has 1 aliphatic carbocycles. The quantitative estimate of drug-likeness (QED) is 0.333. The predicted molar refractivity (Wildman–Crippen MR) is 118 cm³/mol. The summed E-state index contributed by atoms with van der Waals surface area (Å²) in [5.74, 6) is 0. The third-order valence-corrected chi connectivity index (χ3v) is 6.55. The van der Waals surface area contributed by atoms with Crippen LogP contribution in [0, 0.1) is 6.92 Å². The Bertz CT molecular complexity index is 1340. The average molecular weight is 359 g/mol. The molecule has 0 fully saturated rings. The molecular formula is C27H21N. The first-order valence-corrected chi connectivity index (χ1v) is 9.88. The van der Waals surface area contributed by atoms with Gasteiger partial charge in [0.1, 0.15) is 0 Å². The summed E-state index contributed by atoms with van der Waals surface area (Å²) in [5, 5.41) is 2.61. The number of H-pyrrole nitrogens is 1. The largest absolute Gasteiger partial charge is 0.355 e. The van der Waals surface area contributed by atoms with Gasteiger partial charge in [-0.2, -0.15) is 0 Å². The average Bonchev–Trinajstić information content (AvgIpc) is 3.22. The second kappa shape index (κ2) is 5.36. The van der Waals surface area contributed by atoms with Crippen molar-refractivity contribution in [2.24, 2.45) is 0 Å². The molecular weight excluding hydrogens is 338 g/mol. The first kappa shape index (κ1) is 15.7. The summed E-state index contributed by atoms with van der Waals surface area (Å²) in [6, 6.07) is 31.3. The normalized spacial score (nSPS) is 14.4. The lowest BCUT2D eigenvalue weighted by atomic mass is 9.74. The second-order valence-corrected chi connectivity index (χ2v) is 8.15. The molecule has 6 rings (SSSR count). The Morgan fingerprint density at radius 2 is 1.21 bits per heavy atom. The van der Waals surface area contributed by atoms with Crippen molar-refractivity contribution in [2.45, 2.75) is 19.3 Å². The molecule has 1 N–H and O–H groups in total. The van der Waals surface area contributed by atoms with Crippen LogP contribution < -0.4 is 0 Å². The van der Waals surface area contributed by atoms with Crippen LogP contribution in [0.2, 0.25) is 0 Å². The van der Waals surface area contributed by atoms with Crippen LogP contribution in [0.3, 0.4) is 0 Å². The number of benzene rings is 4. The van der Waals surface area contributed by atoms with Crippen LogP contribution in [-0.2, 0) is 5.41 Å². The van der Waals surface area contributed by atoms with Crippen molar-refractivity contribution in [2.75, 3.05) is 0 Å². The minimum Gasteiger partial charge on any atom is -0.355 e. The molecule has 4 aromatic carbocycles. The molecule has 1 nitrogen and oxygen atoms in total. The molecule has 0 amide bonds. The first-order valence-electron chi connectivity index (χ1n) is 9.88. The molecule has 0 saturated heterocycles. The molecule has 134 valence electrons. The van der Waals surface area contributed by atoms with Gasteiger partial charge in [0.25, 0.3) is 0 Å². The van der Waals surface area contributed by atoms with Crippen molar-refractivity contribution in [1.29, 1.82) is 0 Å².